The molecule has 1 fully saturated rings. The summed E-state index contributed by atoms with van der Waals surface area (Å²) in [4.78, 5) is 29.3. The van der Waals surface area contributed by atoms with E-state index >= 15 is 0 Å². The first-order valence-corrected chi connectivity index (χ1v) is 9.89. The highest BCUT2D eigenvalue weighted by Crippen LogP contribution is 2.32. The van der Waals surface area contributed by atoms with Gasteiger partial charge in [0.1, 0.15) is 0 Å². The maximum absolute atomic E-state index is 12.3. The van der Waals surface area contributed by atoms with Crippen LogP contribution in [0.15, 0.2) is 29.6 Å². The average molecular weight is 412 g/mol. The molecule has 0 spiro atoms. The molecule has 8 heteroatoms. The van der Waals surface area contributed by atoms with E-state index in [1.807, 2.05) is 40.3 Å². The fourth-order valence-corrected chi connectivity index (χ4v) is 3.97. The van der Waals surface area contributed by atoms with E-state index in [4.69, 9.17) is 23.2 Å². The van der Waals surface area contributed by atoms with Gasteiger partial charge in [0, 0.05) is 26.2 Å². The fourth-order valence-electron chi connectivity index (χ4n) is 2.82. The first kappa shape index (κ1) is 19.2. The van der Waals surface area contributed by atoms with Gasteiger partial charge in [-0.3, -0.25) is 14.5 Å². The minimum absolute atomic E-state index is 0.0578. The molecule has 0 atom stereocenters. The third-order valence-corrected chi connectivity index (χ3v) is 5.97. The van der Waals surface area contributed by atoms with Crippen molar-refractivity contribution >= 4 is 52.0 Å². The molecule has 0 saturated carbocycles. The number of carbonyl (C=O) groups is 2. The highest BCUT2D eigenvalue weighted by molar-refractivity contribution is 7.12. The van der Waals surface area contributed by atoms with Gasteiger partial charge >= 0.3 is 0 Å². The number of carbonyl (C=O) groups excluding carboxylic acids is 2. The Morgan fingerprint density at radius 3 is 2.54 bits per heavy atom. The number of thiophene rings is 1. The van der Waals surface area contributed by atoms with Crippen LogP contribution >= 0.6 is 34.5 Å². The van der Waals surface area contributed by atoms with Crippen molar-refractivity contribution in [2.75, 3.05) is 38.0 Å². The maximum atomic E-state index is 12.3. The molecule has 5 nitrogen and oxygen atoms in total. The maximum Gasteiger partial charge on any atom is 0.264 e. The number of halogens is 2. The van der Waals surface area contributed by atoms with Gasteiger partial charge in [0.2, 0.25) is 5.91 Å². The number of hydrogen-bond donors (Lipinski definition) is 1. The molecule has 1 aliphatic heterocycles. The summed E-state index contributed by atoms with van der Waals surface area (Å²) in [5.41, 5.74) is 1.30. The van der Waals surface area contributed by atoms with Crippen LogP contribution in [0.1, 0.15) is 15.2 Å². The van der Waals surface area contributed by atoms with Gasteiger partial charge in [0.05, 0.1) is 27.2 Å². The number of benzene rings is 1. The molecule has 0 radical (unpaired) electrons. The second-order valence-electron chi connectivity index (χ2n) is 6.15. The van der Waals surface area contributed by atoms with Crippen LogP contribution in [0.2, 0.25) is 10.0 Å². The van der Waals surface area contributed by atoms with Gasteiger partial charge in [-0.2, -0.15) is 0 Å². The zero-order chi connectivity index (χ0) is 18.7. The van der Waals surface area contributed by atoms with Gasteiger partial charge in [-0.05, 0) is 30.0 Å². The number of amides is 2. The number of anilines is 1. The lowest BCUT2D eigenvalue weighted by Crippen LogP contribution is -2.50. The lowest BCUT2D eigenvalue weighted by atomic mass is 10.2. The van der Waals surface area contributed by atoms with Crippen molar-refractivity contribution in [1.29, 1.82) is 0 Å². The second-order valence-corrected chi connectivity index (χ2v) is 7.88. The summed E-state index contributed by atoms with van der Waals surface area (Å²) in [5.74, 6) is -0.111. The van der Waals surface area contributed by atoms with E-state index in [2.05, 4.69) is 5.32 Å². The molecule has 26 heavy (non-hydrogen) atoms. The number of nitrogens with one attached hydrogen (secondary N) is 1. The Balaban J connectivity index is 1.53. The Morgan fingerprint density at radius 2 is 1.88 bits per heavy atom. The van der Waals surface area contributed by atoms with E-state index in [1.54, 1.807) is 6.07 Å². The van der Waals surface area contributed by atoms with Crippen LogP contribution in [0.25, 0.3) is 0 Å². The smallest absolute Gasteiger partial charge is 0.264 e. The van der Waals surface area contributed by atoms with Crippen LogP contribution in [0, 0.1) is 6.92 Å². The van der Waals surface area contributed by atoms with Crippen molar-refractivity contribution < 1.29 is 9.59 Å². The van der Waals surface area contributed by atoms with E-state index in [-0.39, 0.29) is 18.4 Å². The zero-order valence-corrected chi connectivity index (χ0v) is 16.6. The monoisotopic (exact) mass is 411 g/mol. The molecule has 2 heterocycles. The normalized spacial score (nSPS) is 15.1. The highest BCUT2D eigenvalue weighted by Gasteiger charge is 2.24. The Kier molecular flexibility index (Phi) is 6.19. The Labute approximate surface area is 166 Å². The molecule has 1 saturated heterocycles. The highest BCUT2D eigenvalue weighted by atomic mass is 35.5. The average Bonchev–Trinajstić information content (AvgIpc) is 3.17. The van der Waals surface area contributed by atoms with E-state index in [0.29, 0.717) is 41.9 Å². The summed E-state index contributed by atoms with van der Waals surface area (Å²) >= 11 is 13.8. The predicted molar refractivity (Wildman–Crippen MR) is 106 cm³/mol. The summed E-state index contributed by atoms with van der Waals surface area (Å²) in [6, 6.07) is 7.24. The first-order chi connectivity index (χ1) is 12.5. The van der Waals surface area contributed by atoms with Crippen molar-refractivity contribution in [3.63, 3.8) is 0 Å². The topological polar surface area (TPSA) is 52.7 Å². The van der Waals surface area contributed by atoms with Crippen LogP contribution in [0.3, 0.4) is 0 Å². The zero-order valence-electron chi connectivity index (χ0n) is 14.3. The molecule has 1 aromatic carbocycles. The molecule has 0 aliphatic carbocycles. The number of nitrogens with zero attached hydrogens (tertiary/aromatic N) is 2. The summed E-state index contributed by atoms with van der Waals surface area (Å²) < 4.78 is 0. The standard InChI is InChI=1S/C18H19Cl2N3O2S/c1-12-4-5-13(19)17(16(12)20)21-15(24)11-22-6-8-23(9-7-22)18(25)14-3-2-10-26-14/h2-5,10H,6-9,11H2,1H3,(H,21,24). The number of hydrogen-bond acceptors (Lipinski definition) is 4. The summed E-state index contributed by atoms with van der Waals surface area (Å²) in [7, 11) is 0. The van der Waals surface area contributed by atoms with Gasteiger partial charge < -0.3 is 10.2 Å². The lowest BCUT2D eigenvalue weighted by Gasteiger charge is -2.34. The number of aryl methyl sites for hydroxylation is 1. The van der Waals surface area contributed by atoms with Crippen molar-refractivity contribution in [1.82, 2.24) is 9.80 Å². The first-order valence-electron chi connectivity index (χ1n) is 8.25. The number of rotatable bonds is 4. The molecule has 2 aromatic rings. The van der Waals surface area contributed by atoms with Crippen LogP contribution in [0.4, 0.5) is 5.69 Å². The Hall–Kier alpha value is -1.60. The third-order valence-electron chi connectivity index (χ3n) is 4.31. The van der Waals surface area contributed by atoms with E-state index in [0.717, 1.165) is 10.4 Å². The number of piperazine rings is 1. The van der Waals surface area contributed by atoms with Gasteiger partial charge in [0.25, 0.3) is 5.91 Å². The fraction of sp³-hybridized carbons (Fsp3) is 0.333. The molecule has 0 unspecified atom stereocenters. The summed E-state index contributed by atoms with van der Waals surface area (Å²) in [6.45, 7) is 4.62. The quantitative estimate of drug-likeness (QED) is 0.832. The third kappa shape index (κ3) is 4.38. The van der Waals surface area contributed by atoms with Crippen LogP contribution in [-0.4, -0.2) is 54.3 Å². The molecule has 1 aliphatic rings. The molecule has 138 valence electrons. The molecular formula is C18H19Cl2N3O2S. The Morgan fingerprint density at radius 1 is 1.15 bits per heavy atom. The minimum Gasteiger partial charge on any atom is -0.335 e. The predicted octanol–water partition coefficient (Wildman–Crippen LogP) is 3.76. The molecule has 1 aromatic heterocycles. The summed E-state index contributed by atoms with van der Waals surface area (Å²) in [5, 5.41) is 5.57. The van der Waals surface area contributed by atoms with Crippen molar-refractivity contribution in [3.05, 3.63) is 50.1 Å². The largest absolute Gasteiger partial charge is 0.335 e. The van der Waals surface area contributed by atoms with Crippen molar-refractivity contribution in [2.24, 2.45) is 0 Å². The van der Waals surface area contributed by atoms with E-state index in [9.17, 15) is 9.59 Å². The molecule has 3 rings (SSSR count). The van der Waals surface area contributed by atoms with Crippen LogP contribution < -0.4 is 5.32 Å². The Bertz CT molecular complexity index is 803. The second kappa shape index (κ2) is 8.39. The molecule has 0 bridgehead atoms. The van der Waals surface area contributed by atoms with E-state index in [1.165, 1.54) is 11.3 Å². The van der Waals surface area contributed by atoms with Crippen molar-refractivity contribution in [2.45, 2.75) is 6.92 Å². The van der Waals surface area contributed by atoms with Crippen LogP contribution in [0.5, 0.6) is 0 Å². The molecule has 2 amide bonds. The SMILES string of the molecule is Cc1ccc(Cl)c(NC(=O)CN2CCN(C(=O)c3cccs3)CC2)c1Cl. The van der Waals surface area contributed by atoms with Crippen LogP contribution in [-0.2, 0) is 4.79 Å². The van der Waals surface area contributed by atoms with Gasteiger partial charge in [-0.25, -0.2) is 0 Å². The van der Waals surface area contributed by atoms with E-state index < -0.39 is 0 Å². The minimum atomic E-state index is -0.169. The van der Waals surface area contributed by atoms with Crippen molar-refractivity contribution in [3.8, 4) is 0 Å². The van der Waals surface area contributed by atoms with Gasteiger partial charge in [-0.1, -0.05) is 35.3 Å². The molecule has 1 N–H and O–H groups in total. The van der Waals surface area contributed by atoms with Gasteiger partial charge in [-0.15, -0.1) is 11.3 Å². The summed E-state index contributed by atoms with van der Waals surface area (Å²) in [6.07, 6.45) is 0. The lowest BCUT2D eigenvalue weighted by molar-refractivity contribution is -0.117. The van der Waals surface area contributed by atoms with Gasteiger partial charge in [0.15, 0.2) is 0 Å². The molecular weight excluding hydrogens is 393 g/mol.